The van der Waals surface area contributed by atoms with Gasteiger partial charge < -0.3 is 15.1 Å². The highest BCUT2D eigenvalue weighted by atomic mass is 19.4. The number of hydrogen-bond acceptors (Lipinski definition) is 9. The van der Waals surface area contributed by atoms with Crippen LogP contribution < -0.4 is 26.5 Å². The number of ketones is 1. The fraction of sp³-hybridized carbons (Fsp3) is 0.417. The predicted octanol–water partition coefficient (Wildman–Crippen LogP) is 0.598. The molecule has 38 heavy (non-hydrogen) atoms. The average molecular weight is 534 g/mol. The topological polar surface area (TPSA) is 109 Å². The van der Waals surface area contributed by atoms with Gasteiger partial charge in [-0.05, 0) is 26.0 Å². The Morgan fingerprint density at radius 3 is 2.47 bits per heavy atom. The van der Waals surface area contributed by atoms with Gasteiger partial charge in [0.1, 0.15) is 0 Å². The molecule has 2 aliphatic heterocycles. The Morgan fingerprint density at radius 1 is 1.18 bits per heavy atom. The zero-order chi connectivity index (χ0) is 27.8. The number of Topliss-reactive ketones (excluding diaryl/α,β-unsaturated/α-hetero) is 1. The number of halogens is 3. The van der Waals surface area contributed by atoms with Gasteiger partial charge in [0, 0.05) is 38.8 Å². The van der Waals surface area contributed by atoms with Crippen molar-refractivity contribution in [2.75, 3.05) is 42.7 Å². The third-order valence-corrected chi connectivity index (χ3v) is 6.22. The van der Waals surface area contributed by atoms with E-state index in [1.165, 1.54) is 43.1 Å². The second-order valence-electron chi connectivity index (χ2n) is 8.65. The van der Waals surface area contributed by atoms with E-state index in [-0.39, 0.29) is 35.1 Å². The third-order valence-electron chi connectivity index (χ3n) is 6.22. The van der Waals surface area contributed by atoms with Gasteiger partial charge in [-0.1, -0.05) is 18.1 Å². The van der Waals surface area contributed by atoms with Crippen LogP contribution in [0.15, 0.2) is 33.9 Å². The molecule has 1 N–H and O–H groups in total. The number of piperazine rings is 1. The summed E-state index contributed by atoms with van der Waals surface area (Å²) in [5.41, 5.74) is -1.59. The Bertz CT molecular complexity index is 1450. The zero-order valence-electron chi connectivity index (χ0n) is 20.8. The summed E-state index contributed by atoms with van der Waals surface area (Å²) in [5, 5.41) is 3.78. The minimum atomic E-state index is -5.36. The van der Waals surface area contributed by atoms with Crippen molar-refractivity contribution in [3.05, 3.63) is 50.7 Å². The molecule has 1 aromatic carbocycles. The van der Waals surface area contributed by atoms with E-state index in [2.05, 4.69) is 17.2 Å². The smallest absolute Gasteiger partial charge is 0.327 e. The summed E-state index contributed by atoms with van der Waals surface area (Å²) in [6.07, 6.45) is -6.57. The molecule has 0 amide bonds. The summed E-state index contributed by atoms with van der Waals surface area (Å²) in [6, 6.07) is 5.82. The Kier molecular flexibility index (Phi) is 7.34. The monoisotopic (exact) mass is 534 g/mol. The van der Waals surface area contributed by atoms with Gasteiger partial charge >= 0.3 is 17.8 Å². The van der Waals surface area contributed by atoms with E-state index < -0.39 is 29.7 Å². The van der Waals surface area contributed by atoms with Crippen molar-refractivity contribution < 1.29 is 27.6 Å². The molecule has 4 rings (SSSR count). The number of carbonyl (C=O) groups excluding carboxylic acids is 2. The van der Waals surface area contributed by atoms with Gasteiger partial charge in [0.15, 0.2) is 23.6 Å². The summed E-state index contributed by atoms with van der Waals surface area (Å²) in [5.74, 6) is 2.29. The number of alkyl halides is 3. The van der Waals surface area contributed by atoms with E-state index in [1.807, 2.05) is 0 Å². The Labute approximate surface area is 214 Å². The van der Waals surface area contributed by atoms with E-state index in [4.69, 9.17) is 4.84 Å². The minimum absolute atomic E-state index is 0.0881. The first-order chi connectivity index (χ1) is 18.0. The molecule has 1 fully saturated rings. The maximum atomic E-state index is 13.5. The molecule has 1 atom stereocenters. The van der Waals surface area contributed by atoms with Gasteiger partial charge in [-0.2, -0.15) is 13.2 Å². The summed E-state index contributed by atoms with van der Waals surface area (Å²) < 4.78 is 42.0. The Morgan fingerprint density at radius 2 is 1.87 bits per heavy atom. The van der Waals surface area contributed by atoms with Crippen molar-refractivity contribution in [1.29, 1.82) is 0 Å². The lowest BCUT2D eigenvalue weighted by Crippen LogP contribution is -2.61. The maximum absolute atomic E-state index is 13.5. The number of anilines is 2. The molecule has 3 heterocycles. The lowest BCUT2D eigenvalue weighted by molar-refractivity contribution is -0.203. The molecule has 0 aliphatic carbocycles. The van der Waals surface area contributed by atoms with Gasteiger partial charge in [0.2, 0.25) is 0 Å². The highest BCUT2D eigenvalue weighted by Gasteiger charge is 2.51. The Balaban J connectivity index is 2.06. The van der Waals surface area contributed by atoms with Crippen LogP contribution in [0.1, 0.15) is 24.2 Å². The first-order valence-corrected chi connectivity index (χ1v) is 11.6. The number of benzene rings is 1. The molecule has 0 bridgehead atoms. The molecule has 1 unspecified atom stereocenters. The van der Waals surface area contributed by atoms with Crippen LogP contribution >= 0.6 is 0 Å². The summed E-state index contributed by atoms with van der Waals surface area (Å²) in [4.78, 5) is 59.1. The van der Waals surface area contributed by atoms with E-state index >= 15 is 0 Å². The standard InChI is InChI=1S/C24H25F3N6O5/c1-4-5-11-31-18-19(33(38-21(36)24(25,26)27)22(31)30-12-9-28-10-13-30)32(23(37)29(3)20(18)35)17-8-6-7-16(14-17)15(2)34/h6-8,14,22,28H,9-13H2,1-3H3. The highest BCUT2D eigenvalue weighted by Crippen LogP contribution is 2.40. The highest BCUT2D eigenvalue weighted by molar-refractivity contribution is 5.94. The molecule has 0 saturated carbocycles. The van der Waals surface area contributed by atoms with Crippen LogP contribution in [0.25, 0.3) is 5.69 Å². The van der Waals surface area contributed by atoms with Crippen LogP contribution in [-0.2, 0) is 16.7 Å². The van der Waals surface area contributed by atoms with Crippen LogP contribution in [0.2, 0.25) is 0 Å². The van der Waals surface area contributed by atoms with Gasteiger partial charge in [0.25, 0.3) is 5.56 Å². The SMILES string of the molecule is CC#CCN1c2c(n(-c3cccc(C(C)=O)c3)c(=O)n(C)c2=O)N(OC(=O)C(F)(F)F)C1N1CCNCC1. The molecule has 1 saturated heterocycles. The van der Waals surface area contributed by atoms with Gasteiger partial charge in [-0.15, -0.1) is 11.0 Å². The minimum Gasteiger partial charge on any atom is -0.327 e. The number of rotatable bonds is 5. The summed E-state index contributed by atoms with van der Waals surface area (Å²) >= 11 is 0. The number of fused-ring (bicyclic) bond motifs is 1. The summed E-state index contributed by atoms with van der Waals surface area (Å²) in [6.45, 7) is 4.39. The van der Waals surface area contributed by atoms with Crippen LogP contribution in [0.4, 0.5) is 24.7 Å². The van der Waals surface area contributed by atoms with Crippen molar-refractivity contribution in [3.63, 3.8) is 0 Å². The fourth-order valence-corrected chi connectivity index (χ4v) is 4.41. The van der Waals surface area contributed by atoms with E-state index in [0.717, 1.165) is 9.13 Å². The molecular formula is C24H25F3N6O5. The molecule has 2 aromatic rings. The van der Waals surface area contributed by atoms with Crippen LogP contribution in [-0.4, -0.2) is 71.0 Å². The molecular weight excluding hydrogens is 509 g/mol. The predicted molar refractivity (Wildman–Crippen MR) is 131 cm³/mol. The number of aromatic nitrogens is 2. The zero-order valence-corrected chi connectivity index (χ0v) is 20.8. The van der Waals surface area contributed by atoms with E-state index in [1.54, 1.807) is 11.8 Å². The molecule has 2 aliphatic rings. The molecule has 0 radical (unpaired) electrons. The van der Waals surface area contributed by atoms with Crippen molar-refractivity contribution in [1.82, 2.24) is 19.4 Å². The number of carbonyl (C=O) groups is 2. The maximum Gasteiger partial charge on any atom is 0.493 e. The average Bonchev–Trinajstić information content (AvgIpc) is 3.19. The molecule has 0 spiro atoms. The van der Waals surface area contributed by atoms with Crippen LogP contribution in [0, 0.1) is 11.8 Å². The largest absolute Gasteiger partial charge is 0.493 e. The Hall–Kier alpha value is -4.09. The molecule has 202 valence electrons. The normalized spacial score (nSPS) is 17.6. The van der Waals surface area contributed by atoms with E-state index in [9.17, 15) is 32.3 Å². The third kappa shape index (κ3) is 4.77. The van der Waals surface area contributed by atoms with Gasteiger partial charge in [-0.3, -0.25) is 19.1 Å². The van der Waals surface area contributed by atoms with Crippen molar-refractivity contribution in [3.8, 4) is 17.5 Å². The van der Waals surface area contributed by atoms with Crippen molar-refractivity contribution in [2.45, 2.75) is 26.3 Å². The number of hydroxylamine groups is 1. The van der Waals surface area contributed by atoms with Gasteiger partial charge in [-0.25, -0.2) is 14.2 Å². The summed E-state index contributed by atoms with van der Waals surface area (Å²) in [7, 11) is 1.23. The van der Waals surface area contributed by atoms with Crippen LogP contribution in [0.3, 0.4) is 0 Å². The number of nitrogens with one attached hydrogen (secondary N) is 1. The van der Waals surface area contributed by atoms with Crippen molar-refractivity contribution in [2.24, 2.45) is 7.05 Å². The lowest BCUT2D eigenvalue weighted by Gasteiger charge is -2.40. The second-order valence-corrected chi connectivity index (χ2v) is 8.65. The van der Waals surface area contributed by atoms with Crippen molar-refractivity contribution >= 4 is 23.3 Å². The first kappa shape index (κ1) is 27.0. The number of nitrogens with zero attached hydrogens (tertiary/aromatic N) is 5. The van der Waals surface area contributed by atoms with E-state index in [0.29, 0.717) is 31.2 Å². The molecule has 11 nitrogen and oxygen atoms in total. The molecule has 1 aromatic heterocycles. The first-order valence-electron chi connectivity index (χ1n) is 11.6. The fourth-order valence-electron chi connectivity index (χ4n) is 4.41. The van der Waals surface area contributed by atoms with Gasteiger partial charge in [0.05, 0.1) is 12.2 Å². The second kappa shape index (κ2) is 10.3. The lowest BCUT2D eigenvalue weighted by atomic mass is 10.1. The van der Waals surface area contributed by atoms with Crippen LogP contribution in [0.5, 0.6) is 0 Å². The quantitative estimate of drug-likeness (QED) is 0.436. The molecule has 14 heteroatoms. The number of hydrogen-bond donors (Lipinski definition) is 1.